The standard InChI is InChI=1S/C26H29N5O3/c1-2-22(29(16-7-15-27)25(33)20-11-13-21(32)14-12-20)24-28-31-17-6-10-23(31)26(34)30(24)18-19-8-4-3-5-9-19/h3-6,8-14,17,22,32H,2,7,15-16,18,27H2,1H3. The number of carbonyl (C=O) groups excluding carboxylic acids is 1. The van der Waals surface area contributed by atoms with Crippen LogP contribution in [0.15, 0.2) is 77.7 Å². The Morgan fingerprint density at radius 3 is 2.50 bits per heavy atom. The number of phenols is 1. The van der Waals surface area contributed by atoms with E-state index in [2.05, 4.69) is 0 Å². The van der Waals surface area contributed by atoms with Gasteiger partial charge in [-0.3, -0.25) is 14.2 Å². The van der Waals surface area contributed by atoms with E-state index in [1.807, 2.05) is 37.3 Å². The van der Waals surface area contributed by atoms with Gasteiger partial charge in [0.2, 0.25) is 0 Å². The van der Waals surface area contributed by atoms with Crippen molar-refractivity contribution in [1.29, 1.82) is 0 Å². The summed E-state index contributed by atoms with van der Waals surface area (Å²) in [4.78, 5) is 28.8. The third kappa shape index (κ3) is 4.72. The summed E-state index contributed by atoms with van der Waals surface area (Å²) in [6.45, 7) is 3.16. The Labute approximate surface area is 197 Å². The molecule has 4 rings (SSSR count). The summed E-state index contributed by atoms with van der Waals surface area (Å²) in [7, 11) is 0. The van der Waals surface area contributed by atoms with Gasteiger partial charge in [0.1, 0.15) is 11.3 Å². The summed E-state index contributed by atoms with van der Waals surface area (Å²) >= 11 is 0. The molecule has 0 aliphatic rings. The highest BCUT2D eigenvalue weighted by Crippen LogP contribution is 2.26. The van der Waals surface area contributed by atoms with Crippen LogP contribution in [0.3, 0.4) is 0 Å². The van der Waals surface area contributed by atoms with E-state index in [9.17, 15) is 14.7 Å². The molecule has 1 unspecified atom stereocenters. The third-order valence-electron chi connectivity index (χ3n) is 5.90. The lowest BCUT2D eigenvalue weighted by atomic mass is 10.1. The fraction of sp³-hybridized carbons (Fsp3) is 0.269. The van der Waals surface area contributed by atoms with Crippen LogP contribution in [0.1, 0.15) is 47.6 Å². The first-order valence-corrected chi connectivity index (χ1v) is 11.5. The van der Waals surface area contributed by atoms with E-state index in [0.717, 1.165) is 5.56 Å². The lowest BCUT2D eigenvalue weighted by Crippen LogP contribution is -2.40. The monoisotopic (exact) mass is 459 g/mol. The molecule has 176 valence electrons. The minimum absolute atomic E-state index is 0.0912. The van der Waals surface area contributed by atoms with Gasteiger partial charge < -0.3 is 15.7 Å². The van der Waals surface area contributed by atoms with Crippen molar-refractivity contribution in [2.75, 3.05) is 13.1 Å². The van der Waals surface area contributed by atoms with Crippen molar-refractivity contribution in [3.8, 4) is 5.75 Å². The van der Waals surface area contributed by atoms with E-state index in [0.29, 0.717) is 49.4 Å². The molecule has 0 saturated heterocycles. The Morgan fingerprint density at radius 1 is 1.09 bits per heavy atom. The molecule has 0 aliphatic carbocycles. The maximum absolute atomic E-state index is 13.6. The Hall–Kier alpha value is -3.91. The molecule has 0 spiro atoms. The molecule has 2 aromatic carbocycles. The highest BCUT2D eigenvalue weighted by atomic mass is 16.3. The van der Waals surface area contributed by atoms with Gasteiger partial charge in [-0.2, -0.15) is 5.10 Å². The number of hydrogen-bond donors (Lipinski definition) is 2. The van der Waals surface area contributed by atoms with E-state index < -0.39 is 6.04 Å². The van der Waals surface area contributed by atoms with Crippen molar-refractivity contribution in [1.82, 2.24) is 19.1 Å². The molecular formula is C26H29N5O3. The summed E-state index contributed by atoms with van der Waals surface area (Å²) in [5, 5.41) is 14.4. The number of fused-ring (bicyclic) bond motifs is 1. The average Bonchev–Trinajstić information content (AvgIpc) is 3.33. The van der Waals surface area contributed by atoms with Crippen LogP contribution in [0.2, 0.25) is 0 Å². The van der Waals surface area contributed by atoms with Gasteiger partial charge in [0.05, 0.1) is 12.6 Å². The molecule has 0 fully saturated rings. The second kappa shape index (κ2) is 10.4. The zero-order chi connectivity index (χ0) is 24.1. The lowest BCUT2D eigenvalue weighted by molar-refractivity contribution is 0.0654. The smallest absolute Gasteiger partial charge is 0.278 e. The van der Waals surface area contributed by atoms with Gasteiger partial charge in [-0.25, -0.2) is 4.52 Å². The quantitative estimate of drug-likeness (QED) is 0.400. The van der Waals surface area contributed by atoms with Crippen LogP contribution in [-0.4, -0.2) is 43.2 Å². The van der Waals surface area contributed by atoms with Gasteiger partial charge in [0.15, 0.2) is 5.82 Å². The summed E-state index contributed by atoms with van der Waals surface area (Å²) in [5.41, 5.74) is 7.53. The Morgan fingerprint density at radius 2 is 1.82 bits per heavy atom. The molecule has 3 N–H and O–H groups in total. The van der Waals surface area contributed by atoms with Crippen LogP contribution >= 0.6 is 0 Å². The van der Waals surface area contributed by atoms with Gasteiger partial charge in [-0.05, 0) is 61.3 Å². The second-order valence-corrected chi connectivity index (χ2v) is 8.18. The number of carbonyl (C=O) groups is 1. The molecule has 1 atom stereocenters. The highest BCUT2D eigenvalue weighted by molar-refractivity contribution is 5.94. The fourth-order valence-electron chi connectivity index (χ4n) is 4.17. The van der Waals surface area contributed by atoms with E-state index in [-0.39, 0.29) is 17.2 Å². The summed E-state index contributed by atoms with van der Waals surface area (Å²) in [5.74, 6) is 0.408. The van der Waals surface area contributed by atoms with Crippen molar-refractivity contribution >= 4 is 11.4 Å². The first-order chi connectivity index (χ1) is 16.5. The Kier molecular flexibility index (Phi) is 7.08. The van der Waals surface area contributed by atoms with Crippen LogP contribution in [0.4, 0.5) is 0 Å². The van der Waals surface area contributed by atoms with Crippen LogP contribution in [-0.2, 0) is 6.54 Å². The predicted molar refractivity (Wildman–Crippen MR) is 131 cm³/mol. The number of aromatic hydroxyl groups is 1. The van der Waals surface area contributed by atoms with E-state index >= 15 is 0 Å². The van der Waals surface area contributed by atoms with Crippen molar-refractivity contribution in [2.45, 2.75) is 32.4 Å². The molecule has 8 heteroatoms. The number of amides is 1. The third-order valence-corrected chi connectivity index (χ3v) is 5.90. The highest BCUT2D eigenvalue weighted by Gasteiger charge is 2.29. The van der Waals surface area contributed by atoms with Crippen molar-refractivity contribution < 1.29 is 9.90 Å². The van der Waals surface area contributed by atoms with E-state index in [4.69, 9.17) is 10.8 Å². The largest absolute Gasteiger partial charge is 0.508 e. The molecule has 0 saturated carbocycles. The van der Waals surface area contributed by atoms with Crippen LogP contribution < -0.4 is 11.3 Å². The minimum atomic E-state index is -0.448. The van der Waals surface area contributed by atoms with Gasteiger partial charge in [-0.15, -0.1) is 0 Å². The molecule has 0 aliphatic heterocycles. The van der Waals surface area contributed by atoms with Crippen LogP contribution in [0.5, 0.6) is 5.75 Å². The van der Waals surface area contributed by atoms with E-state index in [1.54, 1.807) is 44.4 Å². The average molecular weight is 460 g/mol. The number of benzene rings is 2. The van der Waals surface area contributed by atoms with E-state index in [1.165, 1.54) is 12.1 Å². The maximum atomic E-state index is 13.6. The molecular weight excluding hydrogens is 430 g/mol. The Bertz CT molecular complexity index is 1310. The Balaban J connectivity index is 1.84. The molecule has 4 aromatic rings. The molecule has 0 radical (unpaired) electrons. The number of aromatic nitrogens is 3. The van der Waals surface area contributed by atoms with Gasteiger partial charge in [-0.1, -0.05) is 37.3 Å². The first-order valence-electron chi connectivity index (χ1n) is 11.5. The second-order valence-electron chi connectivity index (χ2n) is 8.18. The van der Waals surface area contributed by atoms with Crippen LogP contribution in [0, 0.1) is 0 Å². The molecule has 2 aromatic heterocycles. The molecule has 34 heavy (non-hydrogen) atoms. The molecule has 2 heterocycles. The summed E-state index contributed by atoms with van der Waals surface area (Å²) < 4.78 is 3.24. The zero-order valence-electron chi connectivity index (χ0n) is 19.2. The number of nitrogens with two attached hydrogens (primary N) is 1. The fourth-order valence-corrected chi connectivity index (χ4v) is 4.17. The SMILES string of the molecule is CCC(c1nn2cccc2c(=O)n1Cc1ccccc1)N(CCCN)C(=O)c1ccc(O)cc1. The normalized spacial score (nSPS) is 12.1. The topological polar surface area (TPSA) is 106 Å². The van der Waals surface area contributed by atoms with Crippen LogP contribution in [0.25, 0.3) is 5.52 Å². The number of nitrogens with zero attached hydrogens (tertiary/aromatic N) is 4. The summed E-state index contributed by atoms with van der Waals surface area (Å²) in [6, 6.07) is 19.0. The van der Waals surface area contributed by atoms with Crippen molar-refractivity contribution in [3.05, 3.63) is 100 Å². The minimum Gasteiger partial charge on any atom is -0.508 e. The van der Waals surface area contributed by atoms with Crippen molar-refractivity contribution in [2.24, 2.45) is 5.73 Å². The van der Waals surface area contributed by atoms with Gasteiger partial charge in [0.25, 0.3) is 11.5 Å². The van der Waals surface area contributed by atoms with Gasteiger partial charge >= 0.3 is 0 Å². The van der Waals surface area contributed by atoms with Gasteiger partial charge in [0, 0.05) is 18.3 Å². The number of rotatable bonds is 9. The number of phenolic OH excluding ortho intramolecular Hbond substituents is 1. The van der Waals surface area contributed by atoms with Crippen molar-refractivity contribution in [3.63, 3.8) is 0 Å². The molecule has 0 bridgehead atoms. The lowest BCUT2D eigenvalue weighted by Gasteiger charge is -2.32. The predicted octanol–water partition coefficient (Wildman–Crippen LogP) is 3.19. The first kappa shape index (κ1) is 23.3. The molecule has 1 amide bonds. The molecule has 8 nitrogen and oxygen atoms in total. The summed E-state index contributed by atoms with van der Waals surface area (Å²) in [6.07, 6.45) is 2.91. The maximum Gasteiger partial charge on any atom is 0.278 e. The number of hydrogen-bond acceptors (Lipinski definition) is 5. The zero-order valence-corrected chi connectivity index (χ0v) is 19.2.